The molecule has 0 aliphatic rings. The van der Waals surface area contributed by atoms with Crippen LogP contribution in [0.4, 0.5) is 11.4 Å². The Labute approximate surface area is 187 Å². The lowest BCUT2D eigenvalue weighted by molar-refractivity contribution is -0.118. The smallest absolute Gasteiger partial charge is 0.335 e. The van der Waals surface area contributed by atoms with Gasteiger partial charge in [-0.25, -0.2) is 4.79 Å². The standard InChI is InChI=1S/C25H26N2O5/c1-16-7-10-20(11-8-16)27-23(28)15-32-24-19(5-4-6-22(24)31-3)14-26-21-12-9-18(25(29)30)13-17(21)2/h4-13,26H,14-15H2,1-3H3,(H,27,28)(H,29,30). The molecule has 0 fully saturated rings. The maximum atomic E-state index is 12.4. The first-order chi connectivity index (χ1) is 15.4. The van der Waals surface area contributed by atoms with Crippen LogP contribution in [0.15, 0.2) is 60.7 Å². The number of carbonyl (C=O) groups excluding carboxylic acids is 1. The lowest BCUT2D eigenvalue weighted by Gasteiger charge is -2.17. The minimum atomic E-state index is -0.966. The largest absolute Gasteiger partial charge is 0.493 e. The van der Waals surface area contributed by atoms with Crippen molar-refractivity contribution in [1.29, 1.82) is 0 Å². The van der Waals surface area contributed by atoms with Gasteiger partial charge in [0.25, 0.3) is 5.91 Å². The Morgan fingerprint density at radius 1 is 1.00 bits per heavy atom. The molecule has 0 atom stereocenters. The number of hydrogen-bond donors (Lipinski definition) is 3. The Morgan fingerprint density at radius 3 is 2.41 bits per heavy atom. The van der Waals surface area contributed by atoms with Crippen molar-refractivity contribution in [3.63, 3.8) is 0 Å². The van der Waals surface area contributed by atoms with Crippen molar-refractivity contribution in [3.8, 4) is 11.5 Å². The maximum Gasteiger partial charge on any atom is 0.335 e. The van der Waals surface area contributed by atoms with Gasteiger partial charge in [-0.3, -0.25) is 4.79 Å². The lowest BCUT2D eigenvalue weighted by atomic mass is 10.1. The van der Waals surface area contributed by atoms with Crippen LogP contribution in [0.3, 0.4) is 0 Å². The first kappa shape index (κ1) is 22.7. The molecule has 0 radical (unpaired) electrons. The molecule has 7 heteroatoms. The van der Waals surface area contributed by atoms with E-state index < -0.39 is 5.97 Å². The fraction of sp³-hybridized carbons (Fsp3) is 0.200. The molecule has 0 saturated carbocycles. The third-order valence-electron chi connectivity index (χ3n) is 4.91. The number of aromatic carboxylic acids is 1. The topological polar surface area (TPSA) is 96.9 Å². The number of rotatable bonds is 9. The summed E-state index contributed by atoms with van der Waals surface area (Å²) >= 11 is 0. The van der Waals surface area contributed by atoms with Crippen molar-refractivity contribution in [1.82, 2.24) is 0 Å². The molecule has 3 aromatic carbocycles. The third kappa shape index (κ3) is 5.78. The van der Waals surface area contributed by atoms with Gasteiger partial charge in [0.05, 0.1) is 12.7 Å². The third-order valence-corrected chi connectivity index (χ3v) is 4.91. The van der Waals surface area contributed by atoms with Crippen LogP contribution in [0.25, 0.3) is 0 Å². The second-order valence-corrected chi connectivity index (χ2v) is 7.34. The summed E-state index contributed by atoms with van der Waals surface area (Å²) in [4.78, 5) is 23.5. The van der Waals surface area contributed by atoms with Gasteiger partial charge in [0, 0.05) is 23.5 Å². The first-order valence-electron chi connectivity index (χ1n) is 10.1. The molecule has 0 bridgehead atoms. The average molecular weight is 434 g/mol. The van der Waals surface area contributed by atoms with Gasteiger partial charge >= 0.3 is 5.97 Å². The monoisotopic (exact) mass is 434 g/mol. The molecule has 0 unspecified atom stereocenters. The molecule has 32 heavy (non-hydrogen) atoms. The molecule has 0 aliphatic carbocycles. The number of ether oxygens (including phenoxy) is 2. The Bertz CT molecular complexity index is 1110. The number of carboxylic acid groups (broad SMARTS) is 1. The van der Waals surface area contributed by atoms with Crippen LogP contribution in [0.1, 0.15) is 27.0 Å². The van der Waals surface area contributed by atoms with Gasteiger partial charge in [-0.05, 0) is 55.8 Å². The number of anilines is 2. The van der Waals surface area contributed by atoms with Crippen molar-refractivity contribution < 1.29 is 24.2 Å². The summed E-state index contributed by atoms with van der Waals surface area (Å²) in [6.07, 6.45) is 0. The summed E-state index contributed by atoms with van der Waals surface area (Å²) in [6.45, 7) is 4.05. The molecule has 166 valence electrons. The Kier molecular flexibility index (Phi) is 7.33. The number of amides is 1. The number of benzene rings is 3. The summed E-state index contributed by atoms with van der Waals surface area (Å²) in [6, 6.07) is 17.9. The van der Waals surface area contributed by atoms with Crippen LogP contribution in [-0.2, 0) is 11.3 Å². The van der Waals surface area contributed by atoms with E-state index in [1.807, 2.05) is 50.2 Å². The zero-order valence-corrected chi connectivity index (χ0v) is 18.3. The van der Waals surface area contributed by atoms with Crippen LogP contribution in [-0.4, -0.2) is 30.7 Å². The molecular formula is C25H26N2O5. The maximum absolute atomic E-state index is 12.4. The van der Waals surface area contributed by atoms with E-state index >= 15 is 0 Å². The normalized spacial score (nSPS) is 10.3. The molecule has 3 aromatic rings. The van der Waals surface area contributed by atoms with Gasteiger partial charge in [-0.2, -0.15) is 0 Å². The minimum absolute atomic E-state index is 0.173. The van der Waals surface area contributed by atoms with Crippen LogP contribution in [0.5, 0.6) is 11.5 Å². The van der Waals surface area contributed by atoms with Crippen molar-refractivity contribution in [2.24, 2.45) is 0 Å². The van der Waals surface area contributed by atoms with Crippen molar-refractivity contribution in [3.05, 3.63) is 82.9 Å². The highest BCUT2D eigenvalue weighted by atomic mass is 16.5. The Morgan fingerprint density at radius 2 is 1.75 bits per heavy atom. The minimum Gasteiger partial charge on any atom is -0.493 e. The van der Waals surface area contributed by atoms with E-state index in [0.29, 0.717) is 23.7 Å². The summed E-state index contributed by atoms with van der Waals surface area (Å²) in [5.41, 5.74) is 4.46. The van der Waals surface area contributed by atoms with Crippen LogP contribution in [0, 0.1) is 13.8 Å². The van der Waals surface area contributed by atoms with Crippen molar-refractivity contribution in [2.75, 3.05) is 24.4 Å². The van der Waals surface area contributed by atoms with E-state index in [2.05, 4.69) is 10.6 Å². The number of para-hydroxylation sites is 1. The van der Waals surface area contributed by atoms with Gasteiger partial charge in [0.1, 0.15) is 0 Å². The summed E-state index contributed by atoms with van der Waals surface area (Å²) in [5.74, 6) is -0.252. The SMILES string of the molecule is COc1cccc(CNc2ccc(C(=O)O)cc2C)c1OCC(=O)Nc1ccc(C)cc1. The number of carboxylic acids is 1. The molecule has 3 N–H and O–H groups in total. The molecule has 7 nitrogen and oxygen atoms in total. The van der Waals surface area contributed by atoms with Crippen LogP contribution < -0.4 is 20.1 Å². The number of methoxy groups -OCH3 is 1. The highest BCUT2D eigenvalue weighted by Crippen LogP contribution is 2.32. The zero-order valence-electron chi connectivity index (χ0n) is 18.3. The highest BCUT2D eigenvalue weighted by molar-refractivity contribution is 5.92. The van der Waals surface area contributed by atoms with E-state index in [9.17, 15) is 9.59 Å². The fourth-order valence-corrected chi connectivity index (χ4v) is 3.18. The number of carbonyl (C=O) groups is 2. The average Bonchev–Trinajstić information content (AvgIpc) is 2.78. The van der Waals surface area contributed by atoms with Crippen molar-refractivity contribution in [2.45, 2.75) is 20.4 Å². The predicted molar refractivity (Wildman–Crippen MR) is 124 cm³/mol. The van der Waals surface area contributed by atoms with Gasteiger partial charge < -0.3 is 25.2 Å². The molecule has 3 rings (SSSR count). The highest BCUT2D eigenvalue weighted by Gasteiger charge is 2.14. The van der Waals surface area contributed by atoms with Gasteiger partial charge in [-0.1, -0.05) is 29.8 Å². The quantitative estimate of drug-likeness (QED) is 0.454. The molecule has 0 aromatic heterocycles. The molecule has 1 amide bonds. The fourth-order valence-electron chi connectivity index (χ4n) is 3.18. The second-order valence-electron chi connectivity index (χ2n) is 7.34. The van der Waals surface area contributed by atoms with Crippen LogP contribution >= 0.6 is 0 Å². The summed E-state index contributed by atoms with van der Waals surface area (Å²) in [7, 11) is 1.54. The lowest BCUT2D eigenvalue weighted by Crippen LogP contribution is -2.21. The second kappa shape index (κ2) is 10.3. The van der Waals surface area contributed by atoms with E-state index in [4.69, 9.17) is 14.6 Å². The summed E-state index contributed by atoms with van der Waals surface area (Å²) < 4.78 is 11.2. The Hall–Kier alpha value is -4.00. The Balaban J connectivity index is 1.69. The number of aryl methyl sites for hydroxylation is 2. The molecule has 0 saturated heterocycles. The van der Waals surface area contributed by atoms with E-state index in [0.717, 1.165) is 22.4 Å². The molecule has 0 spiro atoms. The van der Waals surface area contributed by atoms with E-state index in [-0.39, 0.29) is 18.1 Å². The van der Waals surface area contributed by atoms with Crippen LogP contribution in [0.2, 0.25) is 0 Å². The predicted octanol–water partition coefficient (Wildman–Crippen LogP) is 4.64. The van der Waals surface area contributed by atoms with Crippen molar-refractivity contribution >= 4 is 23.3 Å². The van der Waals surface area contributed by atoms with Gasteiger partial charge in [0.2, 0.25) is 0 Å². The molecule has 0 aliphatic heterocycles. The number of nitrogens with one attached hydrogen (secondary N) is 2. The first-order valence-corrected chi connectivity index (χ1v) is 10.1. The van der Waals surface area contributed by atoms with E-state index in [1.54, 1.807) is 31.4 Å². The molecular weight excluding hydrogens is 408 g/mol. The van der Waals surface area contributed by atoms with Gasteiger partial charge in [-0.15, -0.1) is 0 Å². The molecule has 0 heterocycles. The number of hydrogen-bond acceptors (Lipinski definition) is 5. The zero-order chi connectivity index (χ0) is 23.1. The van der Waals surface area contributed by atoms with Gasteiger partial charge in [0.15, 0.2) is 18.1 Å². The summed E-state index contributed by atoms with van der Waals surface area (Å²) in [5, 5.41) is 15.2. The van der Waals surface area contributed by atoms with E-state index in [1.165, 1.54) is 0 Å².